The summed E-state index contributed by atoms with van der Waals surface area (Å²) in [6, 6.07) is 0. The topological polar surface area (TPSA) is 0 Å². The number of terminal acetylenes is 1. The van der Waals surface area contributed by atoms with Gasteiger partial charge in [-0.05, 0) is 30.6 Å². The second-order valence-electron chi connectivity index (χ2n) is 3.61. The van der Waals surface area contributed by atoms with Gasteiger partial charge in [-0.1, -0.05) is 47.5 Å². The first kappa shape index (κ1) is 38.4. The van der Waals surface area contributed by atoms with Crippen LogP contribution in [0.3, 0.4) is 0 Å². The molecule has 0 saturated heterocycles. The summed E-state index contributed by atoms with van der Waals surface area (Å²) in [6.07, 6.45) is 2.90. The Morgan fingerprint density at radius 2 is 1.08 bits per heavy atom. The highest BCUT2D eigenvalue weighted by Crippen LogP contribution is 1.84. The van der Waals surface area contributed by atoms with E-state index in [0.717, 1.165) is 0 Å². The van der Waals surface area contributed by atoms with E-state index in [4.69, 9.17) is 52.8 Å². The zero-order valence-corrected chi connectivity index (χ0v) is 11.6. The van der Waals surface area contributed by atoms with Crippen LogP contribution < -0.4 is 0 Å². The van der Waals surface area contributed by atoms with Gasteiger partial charge in [0.25, 0.3) is 0 Å². The summed E-state index contributed by atoms with van der Waals surface area (Å²) in [6.45, 7) is 1.74. The third-order valence-electron chi connectivity index (χ3n) is 1.95. The molecule has 24 heavy (non-hydrogen) atoms. The van der Waals surface area contributed by atoms with Gasteiger partial charge >= 0.3 is 0 Å². The van der Waals surface area contributed by atoms with Crippen LogP contribution in [0.2, 0.25) is 0 Å². The molecule has 0 aliphatic rings. The van der Waals surface area contributed by atoms with Gasteiger partial charge in [-0.15, -0.1) is 6.42 Å². The molecule has 0 aliphatic heterocycles. The van der Waals surface area contributed by atoms with Gasteiger partial charge in [0.05, 0.1) is 6.42 Å². The van der Waals surface area contributed by atoms with Gasteiger partial charge < -0.3 is 0 Å². The molecule has 0 aromatic heterocycles. The van der Waals surface area contributed by atoms with Crippen LogP contribution in [0.1, 0.15) is 43.1 Å². The average molecular weight is 298 g/mol. The molecular formula is C14H22B10. The van der Waals surface area contributed by atoms with Gasteiger partial charge in [0.1, 0.15) is 0 Å². The molecule has 0 aliphatic carbocycles. The summed E-state index contributed by atoms with van der Waals surface area (Å²) < 4.78 is 0. The third-order valence-corrected chi connectivity index (χ3v) is 1.95. The molecule has 12 radical (unpaired) electrons. The minimum atomic E-state index is -0.676. The van der Waals surface area contributed by atoms with Gasteiger partial charge in [-0.2, -0.15) is 0 Å². The van der Waals surface area contributed by atoms with Crippen molar-refractivity contribution in [2.75, 3.05) is 0 Å². The van der Waals surface area contributed by atoms with Crippen molar-refractivity contribution in [3.8, 4) is 47.9 Å². The van der Waals surface area contributed by atoms with Crippen molar-refractivity contribution in [1.29, 1.82) is 0 Å². The molecule has 10 heteroatoms. The fraction of sp³-hybridized carbons (Fsp3) is 0.429. The predicted molar refractivity (Wildman–Crippen MR) is 127 cm³/mol. The fourth-order valence-corrected chi connectivity index (χ4v) is 0.804. The SMILES string of the molecule is C.C.C.C.C#CC#CCC#CC#CC.[B]B([B])B([B])B([B])B([B])[B]. The lowest BCUT2D eigenvalue weighted by molar-refractivity contribution is 1.57. The van der Waals surface area contributed by atoms with Crippen LogP contribution >= 0.6 is 0 Å². The van der Waals surface area contributed by atoms with Gasteiger partial charge in [0.15, 0.2) is 0 Å². The predicted octanol–water partition coefficient (Wildman–Crippen LogP) is -0.224. The quantitative estimate of drug-likeness (QED) is 0.499. The van der Waals surface area contributed by atoms with Crippen LogP contribution in [0.25, 0.3) is 0 Å². The summed E-state index contributed by atoms with van der Waals surface area (Å²) >= 11 is 0. The molecule has 0 atom stereocenters. The standard InChI is InChI=1S/C10H6.4CH4.B10/c1-3-5-7-9-10-8-6-4-2;;;;;1-7(2)9(5)10(6)8(3)4/h1H,9H2,2H3;4*1H4;. The zero-order chi connectivity index (χ0) is 16.0. The van der Waals surface area contributed by atoms with Gasteiger partial charge in [-0.3, -0.25) is 0 Å². The van der Waals surface area contributed by atoms with Gasteiger partial charge in [0, 0.05) is 72.0 Å². The molecule has 0 aromatic carbocycles. The Kier molecular flexibility index (Phi) is 42.9. The molecule has 108 valence electrons. The largest absolute Gasteiger partial charge is 0.106 e. The van der Waals surface area contributed by atoms with Crippen molar-refractivity contribution >= 4 is 72.0 Å². The number of hydrogen-bond donors (Lipinski definition) is 0. The summed E-state index contributed by atoms with van der Waals surface area (Å²) in [5, 5.41) is 0. The van der Waals surface area contributed by atoms with E-state index in [9.17, 15) is 0 Å². The van der Waals surface area contributed by atoms with Crippen LogP contribution in [0.4, 0.5) is 0 Å². The fourth-order valence-electron chi connectivity index (χ4n) is 0.804. The van der Waals surface area contributed by atoms with Crippen molar-refractivity contribution in [1.82, 2.24) is 0 Å². The summed E-state index contributed by atoms with van der Waals surface area (Å²) in [5.41, 5.74) is 0. The molecule has 0 aromatic rings. The molecular weight excluding hydrogens is 276 g/mol. The monoisotopic (exact) mass is 300 g/mol. The van der Waals surface area contributed by atoms with E-state index in [1.54, 1.807) is 6.92 Å². The molecule has 0 amide bonds. The molecule has 0 unspecified atom stereocenters. The molecule has 0 nitrogen and oxygen atoms in total. The Hall–Kier alpha value is -1.11. The van der Waals surface area contributed by atoms with E-state index in [-0.39, 0.29) is 29.7 Å². The average Bonchev–Trinajstić information content (AvgIpc) is 2.41. The lowest BCUT2D eigenvalue weighted by atomic mass is 8.60. The summed E-state index contributed by atoms with van der Waals surface area (Å²) in [4.78, 5) is 0. The van der Waals surface area contributed by atoms with Crippen molar-refractivity contribution in [2.45, 2.75) is 43.1 Å². The Balaban J connectivity index is -0.0000000579. The first-order chi connectivity index (χ1) is 9.38. The Labute approximate surface area is 163 Å². The zero-order valence-electron chi connectivity index (χ0n) is 11.6. The van der Waals surface area contributed by atoms with Gasteiger partial charge in [0.2, 0.25) is 0 Å². The van der Waals surface area contributed by atoms with E-state index in [1.165, 1.54) is 0 Å². The van der Waals surface area contributed by atoms with E-state index >= 15 is 0 Å². The van der Waals surface area contributed by atoms with E-state index in [2.05, 4.69) is 41.4 Å². The molecule has 0 rings (SSSR count). The molecule has 0 fully saturated rings. The molecule has 0 spiro atoms. The molecule has 0 N–H and O–H groups in total. The number of rotatable bonds is 3. The van der Waals surface area contributed by atoms with Crippen LogP contribution in [-0.2, 0) is 0 Å². The summed E-state index contributed by atoms with van der Waals surface area (Å²) in [5.74, 6) is 17.9. The maximum absolute atomic E-state index is 5.43. The molecule has 0 heterocycles. The van der Waals surface area contributed by atoms with Crippen LogP contribution in [0.15, 0.2) is 0 Å². The second kappa shape index (κ2) is 26.8. The minimum Gasteiger partial charge on any atom is -0.106 e. The van der Waals surface area contributed by atoms with Crippen LogP contribution in [-0.4, -0.2) is 72.0 Å². The second-order valence-corrected chi connectivity index (χ2v) is 3.61. The van der Waals surface area contributed by atoms with Gasteiger partial charge in [-0.25, -0.2) is 0 Å². The lowest BCUT2D eigenvalue weighted by Gasteiger charge is -2.21. The highest BCUT2D eigenvalue weighted by Gasteiger charge is 2.22. The number of hydrogen-bond acceptors (Lipinski definition) is 0. The maximum Gasteiger partial charge on any atom is 0.0723 e. The Bertz CT molecular complexity index is 463. The van der Waals surface area contributed by atoms with E-state index in [0.29, 0.717) is 6.42 Å². The Morgan fingerprint density at radius 1 is 0.708 bits per heavy atom. The van der Waals surface area contributed by atoms with Crippen LogP contribution in [0.5, 0.6) is 0 Å². The maximum atomic E-state index is 5.43. The minimum absolute atomic E-state index is 0. The van der Waals surface area contributed by atoms with Crippen molar-refractivity contribution in [2.24, 2.45) is 0 Å². The van der Waals surface area contributed by atoms with E-state index < -0.39 is 25.5 Å². The first-order valence-electron chi connectivity index (χ1n) is 5.75. The first-order valence-corrected chi connectivity index (χ1v) is 5.75. The van der Waals surface area contributed by atoms with Crippen LogP contribution in [0, 0.1) is 47.9 Å². The third kappa shape index (κ3) is 25.8. The molecule has 0 bridgehead atoms. The van der Waals surface area contributed by atoms with Crippen molar-refractivity contribution in [3.63, 3.8) is 0 Å². The summed E-state index contributed by atoms with van der Waals surface area (Å²) in [7, 11) is 31.8. The van der Waals surface area contributed by atoms with Crippen molar-refractivity contribution in [3.05, 3.63) is 0 Å². The molecule has 0 saturated carbocycles. The van der Waals surface area contributed by atoms with E-state index in [1.807, 2.05) is 0 Å². The lowest BCUT2D eigenvalue weighted by Crippen LogP contribution is -2.59. The highest BCUT2D eigenvalue weighted by atomic mass is 13.6. The van der Waals surface area contributed by atoms with Crippen molar-refractivity contribution < 1.29 is 0 Å². The highest BCUT2D eigenvalue weighted by molar-refractivity contribution is 7.97. The normalized spacial score (nSPS) is 5.33. The smallest absolute Gasteiger partial charge is 0.0723 e. The Morgan fingerprint density at radius 3 is 1.38 bits per heavy atom.